The molecule has 0 aliphatic carbocycles. The molecular weight excluding hydrogens is 226 g/mol. The molecule has 0 bridgehead atoms. The lowest BCUT2D eigenvalue weighted by Crippen LogP contribution is -2.48. The van der Waals surface area contributed by atoms with Crippen molar-refractivity contribution in [1.29, 1.82) is 5.26 Å². The Morgan fingerprint density at radius 1 is 1.65 bits per heavy atom. The van der Waals surface area contributed by atoms with Gasteiger partial charge in [-0.3, -0.25) is 9.59 Å². The van der Waals surface area contributed by atoms with E-state index in [-0.39, 0.29) is 25.2 Å². The van der Waals surface area contributed by atoms with E-state index in [9.17, 15) is 14.4 Å². The molecular formula is C10H13N3O4. The van der Waals surface area contributed by atoms with Crippen LogP contribution in [-0.2, 0) is 14.4 Å². The van der Waals surface area contributed by atoms with Crippen LogP contribution in [0, 0.1) is 11.3 Å². The van der Waals surface area contributed by atoms with Gasteiger partial charge in [-0.05, 0) is 12.8 Å². The molecule has 1 aliphatic rings. The fourth-order valence-electron chi connectivity index (χ4n) is 1.55. The van der Waals surface area contributed by atoms with Gasteiger partial charge in [0.2, 0.25) is 11.8 Å². The number of nitrogens with one attached hydrogen (secondary N) is 2. The Bertz CT molecular complexity index is 374. The van der Waals surface area contributed by atoms with Crippen molar-refractivity contribution in [3.63, 3.8) is 0 Å². The summed E-state index contributed by atoms with van der Waals surface area (Å²) in [7, 11) is 0. The number of carbonyl (C=O) groups excluding carboxylic acids is 2. The first-order valence-electron chi connectivity index (χ1n) is 5.24. The van der Waals surface area contributed by atoms with Gasteiger partial charge in [-0.15, -0.1) is 0 Å². The largest absolute Gasteiger partial charge is 0.480 e. The summed E-state index contributed by atoms with van der Waals surface area (Å²) >= 11 is 0. The van der Waals surface area contributed by atoms with E-state index in [0.717, 1.165) is 0 Å². The average Bonchev–Trinajstić information content (AvgIpc) is 2.70. The summed E-state index contributed by atoms with van der Waals surface area (Å²) in [5, 5.41) is 22.0. The van der Waals surface area contributed by atoms with E-state index in [4.69, 9.17) is 10.4 Å². The van der Waals surface area contributed by atoms with Crippen LogP contribution in [0.15, 0.2) is 0 Å². The van der Waals surface area contributed by atoms with Gasteiger partial charge in [0.05, 0.1) is 6.07 Å². The molecule has 7 nitrogen and oxygen atoms in total. The van der Waals surface area contributed by atoms with E-state index in [0.29, 0.717) is 6.42 Å². The number of carboxylic acid groups (broad SMARTS) is 1. The molecule has 0 aromatic heterocycles. The van der Waals surface area contributed by atoms with Crippen molar-refractivity contribution in [1.82, 2.24) is 10.6 Å². The number of hydrogen-bond donors (Lipinski definition) is 3. The fraction of sp³-hybridized carbons (Fsp3) is 0.600. The molecule has 7 heteroatoms. The second-order valence-corrected chi connectivity index (χ2v) is 3.75. The van der Waals surface area contributed by atoms with Crippen molar-refractivity contribution in [3.05, 3.63) is 0 Å². The Hall–Kier alpha value is -2.10. The van der Waals surface area contributed by atoms with Crippen LogP contribution in [0.1, 0.15) is 25.7 Å². The van der Waals surface area contributed by atoms with Crippen LogP contribution in [0.4, 0.5) is 0 Å². The Balaban J connectivity index is 2.49. The highest BCUT2D eigenvalue weighted by Crippen LogP contribution is 2.07. The number of aliphatic carboxylic acids is 1. The van der Waals surface area contributed by atoms with E-state index in [1.54, 1.807) is 0 Å². The topological polar surface area (TPSA) is 119 Å². The number of rotatable bonds is 5. The second-order valence-electron chi connectivity index (χ2n) is 3.75. The van der Waals surface area contributed by atoms with Crippen LogP contribution in [0.2, 0.25) is 0 Å². The van der Waals surface area contributed by atoms with Gasteiger partial charge < -0.3 is 15.7 Å². The van der Waals surface area contributed by atoms with Crippen LogP contribution >= 0.6 is 0 Å². The quantitative estimate of drug-likeness (QED) is 0.576. The highest BCUT2D eigenvalue weighted by atomic mass is 16.4. The zero-order chi connectivity index (χ0) is 12.8. The molecule has 0 aromatic rings. The van der Waals surface area contributed by atoms with Gasteiger partial charge in [0, 0.05) is 12.8 Å². The molecule has 17 heavy (non-hydrogen) atoms. The number of nitriles is 1. The summed E-state index contributed by atoms with van der Waals surface area (Å²) in [6.07, 6.45) is 0.746. The number of carboxylic acids is 1. The minimum atomic E-state index is -1.18. The highest BCUT2D eigenvalue weighted by molar-refractivity contribution is 5.92. The minimum absolute atomic E-state index is 0.0499. The third-order valence-corrected chi connectivity index (χ3v) is 2.47. The van der Waals surface area contributed by atoms with Gasteiger partial charge in [0.15, 0.2) is 0 Å². The Morgan fingerprint density at radius 2 is 2.35 bits per heavy atom. The molecule has 0 aromatic carbocycles. The zero-order valence-electron chi connectivity index (χ0n) is 9.10. The number of carbonyl (C=O) groups is 3. The molecule has 1 saturated heterocycles. The monoisotopic (exact) mass is 239 g/mol. The first-order chi connectivity index (χ1) is 8.04. The van der Waals surface area contributed by atoms with Crippen molar-refractivity contribution in [3.8, 4) is 6.07 Å². The van der Waals surface area contributed by atoms with Gasteiger partial charge >= 0.3 is 5.97 Å². The van der Waals surface area contributed by atoms with Crippen molar-refractivity contribution in [2.45, 2.75) is 37.8 Å². The van der Waals surface area contributed by atoms with E-state index < -0.39 is 24.0 Å². The van der Waals surface area contributed by atoms with Crippen molar-refractivity contribution in [2.24, 2.45) is 0 Å². The number of hydrogen-bond acceptors (Lipinski definition) is 4. The summed E-state index contributed by atoms with van der Waals surface area (Å²) in [6, 6.07) is 0.0742. The maximum atomic E-state index is 11.6. The Labute approximate surface area is 97.8 Å². The third kappa shape index (κ3) is 3.75. The molecule has 1 rings (SSSR count). The lowest BCUT2D eigenvalue weighted by molar-refractivity contribution is -0.142. The summed E-state index contributed by atoms with van der Waals surface area (Å²) in [5.41, 5.74) is 0. The van der Waals surface area contributed by atoms with Crippen molar-refractivity contribution < 1.29 is 19.5 Å². The molecule has 3 N–H and O–H groups in total. The number of nitrogens with zero attached hydrogens (tertiary/aromatic N) is 1. The summed E-state index contributed by atoms with van der Waals surface area (Å²) in [4.78, 5) is 33.3. The minimum Gasteiger partial charge on any atom is -0.480 e. The summed E-state index contributed by atoms with van der Waals surface area (Å²) in [5.74, 6) is -1.91. The van der Waals surface area contributed by atoms with Gasteiger partial charge in [0.25, 0.3) is 0 Å². The van der Waals surface area contributed by atoms with Crippen LogP contribution in [0.5, 0.6) is 0 Å². The Kier molecular flexibility index (Phi) is 4.46. The Morgan fingerprint density at radius 3 is 2.82 bits per heavy atom. The predicted molar refractivity (Wildman–Crippen MR) is 55.6 cm³/mol. The van der Waals surface area contributed by atoms with Crippen LogP contribution < -0.4 is 10.6 Å². The maximum absolute atomic E-state index is 11.6. The molecule has 0 spiro atoms. The van der Waals surface area contributed by atoms with Gasteiger partial charge in [-0.2, -0.15) is 5.26 Å². The third-order valence-electron chi connectivity index (χ3n) is 2.47. The first kappa shape index (κ1) is 13.0. The van der Waals surface area contributed by atoms with Crippen LogP contribution in [0.3, 0.4) is 0 Å². The average molecular weight is 239 g/mol. The summed E-state index contributed by atoms with van der Waals surface area (Å²) < 4.78 is 0. The van der Waals surface area contributed by atoms with E-state index in [1.165, 1.54) is 0 Å². The molecule has 0 radical (unpaired) electrons. The van der Waals surface area contributed by atoms with Crippen LogP contribution in [-0.4, -0.2) is 35.0 Å². The fourth-order valence-corrected chi connectivity index (χ4v) is 1.55. The van der Waals surface area contributed by atoms with Gasteiger partial charge in [-0.1, -0.05) is 0 Å². The molecule has 0 saturated carbocycles. The van der Waals surface area contributed by atoms with Crippen LogP contribution in [0.25, 0.3) is 0 Å². The predicted octanol–water partition coefficient (Wildman–Crippen LogP) is -0.862. The molecule has 1 heterocycles. The lowest BCUT2D eigenvalue weighted by Gasteiger charge is -2.16. The molecule has 0 unspecified atom stereocenters. The first-order valence-corrected chi connectivity index (χ1v) is 5.24. The van der Waals surface area contributed by atoms with E-state index in [2.05, 4.69) is 10.6 Å². The molecule has 92 valence electrons. The molecule has 2 amide bonds. The highest BCUT2D eigenvalue weighted by Gasteiger charge is 2.30. The van der Waals surface area contributed by atoms with Crippen molar-refractivity contribution in [2.75, 3.05) is 0 Å². The molecule has 2 atom stereocenters. The zero-order valence-corrected chi connectivity index (χ0v) is 9.10. The van der Waals surface area contributed by atoms with Crippen molar-refractivity contribution >= 4 is 17.8 Å². The standard InChI is InChI=1S/C10H13N3O4/c11-5-1-2-7(10(16)17)13-9(15)6-3-4-8(14)12-6/h6-7H,1-4H2,(H,12,14)(H,13,15)(H,16,17)/t6-,7-/m1/s1. The SMILES string of the molecule is N#CCC[C@@H](NC(=O)[C@H]1CCC(=O)N1)C(=O)O. The smallest absolute Gasteiger partial charge is 0.326 e. The maximum Gasteiger partial charge on any atom is 0.326 e. The van der Waals surface area contributed by atoms with Gasteiger partial charge in [-0.25, -0.2) is 4.79 Å². The normalized spacial score (nSPS) is 20.2. The second kappa shape index (κ2) is 5.84. The molecule has 1 aliphatic heterocycles. The van der Waals surface area contributed by atoms with E-state index >= 15 is 0 Å². The van der Waals surface area contributed by atoms with E-state index in [1.807, 2.05) is 6.07 Å². The lowest BCUT2D eigenvalue weighted by atomic mass is 10.1. The van der Waals surface area contributed by atoms with Gasteiger partial charge in [0.1, 0.15) is 12.1 Å². The molecule has 1 fully saturated rings. The number of amides is 2. The summed E-state index contributed by atoms with van der Waals surface area (Å²) in [6.45, 7) is 0.